The molecular formula is C18H23N3O3S. The molecule has 6 nitrogen and oxygen atoms in total. The summed E-state index contributed by atoms with van der Waals surface area (Å²) >= 11 is 1.56. The molecule has 0 aliphatic carbocycles. The molecule has 7 heteroatoms. The van der Waals surface area contributed by atoms with Crippen LogP contribution >= 0.6 is 11.3 Å². The largest absolute Gasteiger partial charge is 0.360 e. The molecule has 0 saturated carbocycles. The van der Waals surface area contributed by atoms with Crippen LogP contribution in [-0.2, 0) is 11.2 Å². The van der Waals surface area contributed by atoms with Crippen molar-refractivity contribution in [2.45, 2.75) is 40.0 Å². The number of amides is 2. The molecule has 1 N–H and O–H groups in total. The summed E-state index contributed by atoms with van der Waals surface area (Å²) in [5.41, 5.74) is 1.24. The average Bonchev–Trinajstić information content (AvgIpc) is 3.19. The summed E-state index contributed by atoms with van der Waals surface area (Å²) < 4.78 is 4.95. The van der Waals surface area contributed by atoms with Crippen LogP contribution in [0.4, 0.5) is 5.82 Å². The molecule has 0 atom stereocenters. The summed E-state index contributed by atoms with van der Waals surface area (Å²) in [7, 11) is 0. The summed E-state index contributed by atoms with van der Waals surface area (Å²) in [5.74, 6) is 1.03. The minimum atomic E-state index is -0.0997. The number of rotatable bonds is 4. The van der Waals surface area contributed by atoms with E-state index in [1.807, 2.05) is 11.0 Å². The van der Waals surface area contributed by atoms with Gasteiger partial charge in [0.05, 0.1) is 4.88 Å². The number of nitrogens with zero attached hydrogens (tertiary/aromatic N) is 2. The lowest BCUT2D eigenvalue weighted by atomic mass is 9.95. The molecule has 134 valence electrons. The molecule has 0 aromatic carbocycles. The molecule has 0 unspecified atom stereocenters. The van der Waals surface area contributed by atoms with Crippen molar-refractivity contribution < 1.29 is 14.1 Å². The molecule has 2 aromatic rings. The second-order valence-electron chi connectivity index (χ2n) is 6.42. The second kappa shape index (κ2) is 7.39. The minimum absolute atomic E-state index is 0.0550. The van der Waals surface area contributed by atoms with Gasteiger partial charge in [-0.1, -0.05) is 12.1 Å². The van der Waals surface area contributed by atoms with Gasteiger partial charge in [-0.05, 0) is 44.7 Å². The molecule has 2 aromatic heterocycles. The Kier molecular flexibility index (Phi) is 5.22. The van der Waals surface area contributed by atoms with Crippen LogP contribution in [0.15, 0.2) is 16.7 Å². The first-order valence-electron chi connectivity index (χ1n) is 8.60. The van der Waals surface area contributed by atoms with Crippen LogP contribution in [0.5, 0.6) is 0 Å². The van der Waals surface area contributed by atoms with Crippen molar-refractivity contribution in [2.75, 3.05) is 18.4 Å². The minimum Gasteiger partial charge on any atom is -0.360 e. The van der Waals surface area contributed by atoms with Crippen LogP contribution in [0.2, 0.25) is 0 Å². The fraction of sp³-hybridized carbons (Fsp3) is 0.500. The van der Waals surface area contributed by atoms with Crippen molar-refractivity contribution in [2.24, 2.45) is 5.92 Å². The lowest BCUT2D eigenvalue weighted by Gasteiger charge is -2.30. The molecule has 1 aliphatic rings. The number of aromatic nitrogens is 1. The van der Waals surface area contributed by atoms with Gasteiger partial charge in [-0.25, -0.2) is 0 Å². The number of thiophene rings is 1. The molecule has 25 heavy (non-hydrogen) atoms. The molecule has 1 aliphatic heterocycles. The van der Waals surface area contributed by atoms with Crippen molar-refractivity contribution in [3.05, 3.63) is 33.2 Å². The second-order valence-corrected chi connectivity index (χ2v) is 7.68. The number of likely N-dealkylation sites (tertiary alicyclic amines) is 1. The summed E-state index contributed by atoms with van der Waals surface area (Å²) in [5, 5.41) is 6.56. The van der Waals surface area contributed by atoms with E-state index in [1.165, 1.54) is 10.4 Å². The Morgan fingerprint density at radius 3 is 2.60 bits per heavy atom. The van der Waals surface area contributed by atoms with E-state index in [2.05, 4.69) is 24.3 Å². The first-order chi connectivity index (χ1) is 12.0. The number of anilines is 1. The van der Waals surface area contributed by atoms with Crippen LogP contribution < -0.4 is 5.32 Å². The van der Waals surface area contributed by atoms with E-state index in [9.17, 15) is 9.59 Å². The van der Waals surface area contributed by atoms with Crippen LogP contribution in [0.3, 0.4) is 0 Å². The zero-order valence-electron chi connectivity index (χ0n) is 14.8. The summed E-state index contributed by atoms with van der Waals surface area (Å²) in [6.07, 6.45) is 2.28. The number of aryl methyl sites for hydroxylation is 3. The average molecular weight is 361 g/mol. The predicted octanol–water partition coefficient (Wildman–Crippen LogP) is 3.41. The number of hydrogen-bond donors (Lipinski definition) is 1. The van der Waals surface area contributed by atoms with E-state index >= 15 is 0 Å². The summed E-state index contributed by atoms with van der Waals surface area (Å²) in [6, 6.07) is 3.70. The third kappa shape index (κ3) is 3.92. The smallest absolute Gasteiger partial charge is 0.263 e. The van der Waals surface area contributed by atoms with Gasteiger partial charge in [0.1, 0.15) is 5.76 Å². The number of piperidine rings is 1. The first kappa shape index (κ1) is 17.7. The maximum atomic E-state index is 12.7. The van der Waals surface area contributed by atoms with Gasteiger partial charge < -0.3 is 14.7 Å². The van der Waals surface area contributed by atoms with Crippen molar-refractivity contribution in [1.82, 2.24) is 10.1 Å². The van der Waals surface area contributed by atoms with E-state index in [4.69, 9.17) is 4.52 Å². The predicted molar refractivity (Wildman–Crippen MR) is 96.9 cm³/mol. The molecule has 1 fully saturated rings. The Morgan fingerprint density at radius 2 is 2.04 bits per heavy atom. The fourth-order valence-corrected chi connectivity index (χ4v) is 4.21. The SMILES string of the molecule is CCc1cc(C(=O)N2CCC(C(=O)Nc3cc(C)on3)CC2)sc1C. The van der Waals surface area contributed by atoms with Crippen molar-refractivity contribution in [3.8, 4) is 0 Å². The van der Waals surface area contributed by atoms with Crippen LogP contribution in [0.25, 0.3) is 0 Å². The maximum Gasteiger partial charge on any atom is 0.263 e. The number of hydrogen-bond acceptors (Lipinski definition) is 5. The lowest BCUT2D eigenvalue weighted by Crippen LogP contribution is -2.41. The van der Waals surface area contributed by atoms with E-state index in [-0.39, 0.29) is 17.7 Å². The fourth-order valence-electron chi connectivity index (χ4n) is 3.13. The van der Waals surface area contributed by atoms with Gasteiger partial charge in [0, 0.05) is 30.0 Å². The van der Waals surface area contributed by atoms with E-state index in [1.54, 1.807) is 24.3 Å². The lowest BCUT2D eigenvalue weighted by molar-refractivity contribution is -0.121. The van der Waals surface area contributed by atoms with Gasteiger partial charge in [-0.3, -0.25) is 9.59 Å². The zero-order valence-corrected chi connectivity index (χ0v) is 15.6. The zero-order chi connectivity index (χ0) is 18.0. The number of carbonyl (C=O) groups excluding carboxylic acids is 2. The van der Waals surface area contributed by atoms with Crippen LogP contribution in [0, 0.1) is 19.8 Å². The van der Waals surface area contributed by atoms with E-state index in [0.29, 0.717) is 37.5 Å². The molecule has 0 bridgehead atoms. The normalized spacial score (nSPS) is 15.4. The van der Waals surface area contributed by atoms with Crippen LogP contribution in [0.1, 0.15) is 45.6 Å². The topological polar surface area (TPSA) is 75.4 Å². The van der Waals surface area contributed by atoms with Gasteiger partial charge in [-0.2, -0.15) is 0 Å². The summed E-state index contributed by atoms with van der Waals surface area (Å²) in [6.45, 7) is 7.15. The maximum absolute atomic E-state index is 12.7. The third-order valence-electron chi connectivity index (χ3n) is 4.64. The highest BCUT2D eigenvalue weighted by molar-refractivity contribution is 7.14. The van der Waals surface area contributed by atoms with Crippen molar-refractivity contribution >= 4 is 29.0 Å². The highest BCUT2D eigenvalue weighted by Crippen LogP contribution is 2.26. The molecule has 1 saturated heterocycles. The first-order valence-corrected chi connectivity index (χ1v) is 9.42. The highest BCUT2D eigenvalue weighted by Gasteiger charge is 2.29. The van der Waals surface area contributed by atoms with E-state index in [0.717, 1.165) is 11.3 Å². The Hall–Kier alpha value is -2.15. The Labute approximate surface area is 151 Å². The van der Waals surface area contributed by atoms with Crippen molar-refractivity contribution in [1.29, 1.82) is 0 Å². The van der Waals surface area contributed by atoms with Gasteiger partial charge in [0.2, 0.25) is 5.91 Å². The Bertz CT molecular complexity index is 772. The van der Waals surface area contributed by atoms with Crippen LogP contribution in [-0.4, -0.2) is 35.0 Å². The molecule has 3 heterocycles. The number of nitrogens with one attached hydrogen (secondary N) is 1. The standard InChI is InChI=1S/C18H23N3O3S/c1-4-13-10-15(25-12(13)3)18(23)21-7-5-14(6-8-21)17(22)19-16-9-11(2)24-20-16/h9-10,14H,4-8H2,1-3H3,(H,19,20,22). The molecule has 0 radical (unpaired) electrons. The Morgan fingerprint density at radius 1 is 1.32 bits per heavy atom. The van der Waals surface area contributed by atoms with Gasteiger partial charge in [0.15, 0.2) is 5.82 Å². The molecule has 0 spiro atoms. The molecule has 3 rings (SSSR count). The van der Waals surface area contributed by atoms with Crippen molar-refractivity contribution in [3.63, 3.8) is 0 Å². The van der Waals surface area contributed by atoms with Gasteiger partial charge >= 0.3 is 0 Å². The van der Waals surface area contributed by atoms with E-state index < -0.39 is 0 Å². The quantitative estimate of drug-likeness (QED) is 0.905. The monoisotopic (exact) mass is 361 g/mol. The molecule has 2 amide bonds. The third-order valence-corrected chi connectivity index (χ3v) is 5.73. The highest BCUT2D eigenvalue weighted by atomic mass is 32.1. The summed E-state index contributed by atoms with van der Waals surface area (Å²) in [4.78, 5) is 28.8. The van der Waals surface area contributed by atoms with Gasteiger partial charge in [0.25, 0.3) is 5.91 Å². The molecular weight excluding hydrogens is 338 g/mol. The Balaban J connectivity index is 1.55. The number of carbonyl (C=O) groups is 2. The van der Waals surface area contributed by atoms with Gasteiger partial charge in [-0.15, -0.1) is 11.3 Å².